The summed E-state index contributed by atoms with van der Waals surface area (Å²) in [4.78, 5) is 38.0. The highest BCUT2D eigenvalue weighted by Gasteiger charge is 2.38. The minimum absolute atomic E-state index is 0.310. The molecule has 1 aromatic carbocycles. The molecule has 0 radical (unpaired) electrons. The number of carbonyl (C=O) groups is 3. The van der Waals surface area contributed by atoms with Crippen molar-refractivity contribution in [2.75, 3.05) is 13.1 Å². The van der Waals surface area contributed by atoms with E-state index in [1.54, 1.807) is 0 Å². The molecule has 1 fully saturated rings. The van der Waals surface area contributed by atoms with Crippen LogP contribution in [0.5, 0.6) is 0 Å². The van der Waals surface area contributed by atoms with E-state index in [2.05, 4.69) is 5.32 Å². The average Bonchev–Trinajstić information content (AvgIpc) is 3.25. The monoisotopic (exact) mass is 433 g/mol. The molecule has 0 aromatic heterocycles. The van der Waals surface area contributed by atoms with Crippen LogP contribution in [0.25, 0.3) is 0 Å². The lowest BCUT2D eigenvalue weighted by molar-refractivity contribution is -0.149. The molecule has 5 N–H and O–H groups in total. The highest BCUT2D eigenvalue weighted by molar-refractivity contribution is 5.88. The van der Waals surface area contributed by atoms with Crippen molar-refractivity contribution in [1.29, 1.82) is 0 Å². The zero-order valence-electron chi connectivity index (χ0n) is 18.0. The third kappa shape index (κ3) is 7.95. The molecular formula is C23H35N3O5. The topological polar surface area (TPSA) is 133 Å². The Morgan fingerprint density at radius 1 is 1.03 bits per heavy atom. The number of hydrogen-bond acceptors (Lipinski definition) is 5. The number of hydrogen-bond donors (Lipinski definition) is 4. The fraction of sp³-hybridized carbons (Fsp3) is 0.609. The van der Waals surface area contributed by atoms with Gasteiger partial charge in [-0.3, -0.25) is 14.9 Å². The number of likely N-dealkylation sites (tertiary alicyclic amines) is 1. The van der Waals surface area contributed by atoms with Crippen LogP contribution in [-0.2, 0) is 20.8 Å². The molecule has 1 amide bonds. The minimum Gasteiger partial charge on any atom is -0.480 e. The Morgan fingerprint density at radius 2 is 1.74 bits per heavy atom. The summed E-state index contributed by atoms with van der Waals surface area (Å²) in [5, 5.41) is 22.2. The van der Waals surface area contributed by atoms with Crippen LogP contribution in [0.4, 0.5) is 0 Å². The van der Waals surface area contributed by atoms with Crippen molar-refractivity contribution in [3.05, 3.63) is 35.9 Å². The van der Waals surface area contributed by atoms with E-state index in [4.69, 9.17) is 5.73 Å². The van der Waals surface area contributed by atoms with E-state index in [9.17, 15) is 24.6 Å². The van der Waals surface area contributed by atoms with Crippen LogP contribution in [0.15, 0.2) is 30.3 Å². The van der Waals surface area contributed by atoms with Crippen LogP contribution in [-0.4, -0.2) is 64.2 Å². The van der Waals surface area contributed by atoms with Gasteiger partial charge in [0.15, 0.2) is 0 Å². The molecule has 0 unspecified atom stereocenters. The van der Waals surface area contributed by atoms with Crippen molar-refractivity contribution < 1.29 is 24.6 Å². The number of unbranched alkanes of at least 4 members (excludes halogenated alkanes) is 3. The van der Waals surface area contributed by atoms with Gasteiger partial charge >= 0.3 is 11.9 Å². The molecule has 3 atom stereocenters. The number of carbonyl (C=O) groups excluding carboxylic acids is 1. The van der Waals surface area contributed by atoms with Gasteiger partial charge in [-0.05, 0) is 50.6 Å². The fourth-order valence-electron chi connectivity index (χ4n) is 4.09. The summed E-state index contributed by atoms with van der Waals surface area (Å²) < 4.78 is 0. The molecule has 1 aromatic rings. The fourth-order valence-corrected chi connectivity index (χ4v) is 4.09. The van der Waals surface area contributed by atoms with Crippen molar-refractivity contribution in [3.63, 3.8) is 0 Å². The van der Waals surface area contributed by atoms with E-state index in [0.717, 1.165) is 31.2 Å². The number of nitrogens with one attached hydrogen (secondary N) is 1. The maximum Gasteiger partial charge on any atom is 0.326 e. The standard InChI is InChI=1S/C23H35N3O5/c24-15-7-2-1-6-11-18(21(27)26-16-8-12-20(26)23(30)31)25-19(22(28)29)14-13-17-9-4-3-5-10-17/h3-5,9-10,18-20,25H,1-2,6-8,11-16,24H2,(H,28,29)(H,30,31)/t18-,19-,20-/m0/s1. The number of nitrogens with zero attached hydrogens (tertiary/aromatic N) is 1. The zero-order chi connectivity index (χ0) is 22.6. The number of carboxylic acids is 2. The van der Waals surface area contributed by atoms with Crippen molar-refractivity contribution in [2.24, 2.45) is 5.73 Å². The maximum absolute atomic E-state index is 13.2. The van der Waals surface area contributed by atoms with Crippen molar-refractivity contribution >= 4 is 17.8 Å². The Balaban J connectivity index is 2.06. The van der Waals surface area contributed by atoms with Crippen LogP contribution in [0.1, 0.15) is 56.9 Å². The molecule has 1 aliphatic rings. The Kier molecular flexibility index (Phi) is 10.5. The summed E-state index contributed by atoms with van der Waals surface area (Å²) in [5.74, 6) is -2.32. The van der Waals surface area contributed by atoms with Gasteiger partial charge in [-0.25, -0.2) is 4.79 Å². The third-order valence-electron chi connectivity index (χ3n) is 5.83. The maximum atomic E-state index is 13.2. The summed E-state index contributed by atoms with van der Waals surface area (Å²) in [7, 11) is 0. The van der Waals surface area contributed by atoms with Gasteiger partial charge < -0.3 is 20.8 Å². The molecular weight excluding hydrogens is 398 g/mol. The van der Waals surface area contributed by atoms with Gasteiger partial charge in [-0.2, -0.15) is 0 Å². The molecule has 1 saturated heterocycles. The normalized spacial score (nSPS) is 18.0. The Labute approximate surface area is 183 Å². The number of benzene rings is 1. The van der Waals surface area contributed by atoms with E-state index >= 15 is 0 Å². The lowest BCUT2D eigenvalue weighted by atomic mass is 10.0. The summed E-state index contributed by atoms with van der Waals surface area (Å²) in [6.07, 6.45) is 5.97. The molecule has 8 heteroatoms. The van der Waals surface area contributed by atoms with Crippen LogP contribution >= 0.6 is 0 Å². The number of aliphatic carboxylic acids is 2. The summed E-state index contributed by atoms with van der Waals surface area (Å²) in [6.45, 7) is 1.01. The van der Waals surface area contributed by atoms with Crippen molar-refractivity contribution in [3.8, 4) is 0 Å². The van der Waals surface area contributed by atoms with Gasteiger partial charge in [-0.1, -0.05) is 49.6 Å². The van der Waals surface area contributed by atoms with E-state index in [1.165, 1.54) is 4.90 Å². The largest absolute Gasteiger partial charge is 0.480 e. The van der Waals surface area contributed by atoms with Crippen LogP contribution < -0.4 is 11.1 Å². The molecule has 0 aliphatic carbocycles. The SMILES string of the molecule is NCCCCCC[C@H](N[C@@H](CCc1ccccc1)C(=O)O)C(=O)N1CCC[C@H]1C(=O)O. The molecule has 0 bridgehead atoms. The molecule has 0 saturated carbocycles. The number of rotatable bonds is 14. The summed E-state index contributed by atoms with van der Waals surface area (Å²) >= 11 is 0. The highest BCUT2D eigenvalue weighted by Crippen LogP contribution is 2.21. The van der Waals surface area contributed by atoms with Gasteiger partial charge in [0.05, 0.1) is 6.04 Å². The number of carboxylic acid groups (broad SMARTS) is 2. The second kappa shape index (κ2) is 13.1. The smallest absolute Gasteiger partial charge is 0.326 e. The van der Waals surface area contributed by atoms with Gasteiger partial charge in [0.1, 0.15) is 12.1 Å². The number of amides is 1. The Hall–Kier alpha value is -2.45. The van der Waals surface area contributed by atoms with Gasteiger partial charge in [0.2, 0.25) is 5.91 Å². The summed E-state index contributed by atoms with van der Waals surface area (Å²) in [5.41, 5.74) is 6.56. The van der Waals surface area contributed by atoms with E-state index in [-0.39, 0.29) is 5.91 Å². The zero-order valence-corrected chi connectivity index (χ0v) is 18.0. The van der Waals surface area contributed by atoms with Crippen molar-refractivity contribution in [1.82, 2.24) is 10.2 Å². The first kappa shape index (κ1) is 24.8. The van der Waals surface area contributed by atoms with Gasteiger partial charge in [-0.15, -0.1) is 0 Å². The molecule has 2 rings (SSSR count). The second-order valence-corrected chi connectivity index (χ2v) is 8.15. The number of nitrogens with two attached hydrogens (primary N) is 1. The quantitative estimate of drug-likeness (QED) is 0.330. The first-order valence-corrected chi connectivity index (χ1v) is 11.2. The molecule has 31 heavy (non-hydrogen) atoms. The predicted octanol–water partition coefficient (Wildman–Crippen LogP) is 2.02. The molecule has 1 heterocycles. The minimum atomic E-state index is -1.01. The van der Waals surface area contributed by atoms with E-state index in [1.807, 2.05) is 30.3 Å². The third-order valence-corrected chi connectivity index (χ3v) is 5.83. The van der Waals surface area contributed by atoms with Gasteiger partial charge in [0, 0.05) is 6.54 Å². The van der Waals surface area contributed by atoms with Gasteiger partial charge in [0.25, 0.3) is 0 Å². The Bertz CT molecular complexity index is 712. The average molecular weight is 434 g/mol. The van der Waals surface area contributed by atoms with Crippen molar-refractivity contribution in [2.45, 2.75) is 75.9 Å². The lowest BCUT2D eigenvalue weighted by Gasteiger charge is -2.29. The predicted molar refractivity (Wildman–Crippen MR) is 118 cm³/mol. The molecule has 8 nitrogen and oxygen atoms in total. The van der Waals surface area contributed by atoms with Crippen LogP contribution in [0.3, 0.4) is 0 Å². The van der Waals surface area contributed by atoms with Crippen LogP contribution in [0, 0.1) is 0 Å². The first-order valence-electron chi connectivity index (χ1n) is 11.2. The van der Waals surface area contributed by atoms with Crippen LogP contribution in [0.2, 0.25) is 0 Å². The molecule has 1 aliphatic heterocycles. The highest BCUT2D eigenvalue weighted by atomic mass is 16.4. The lowest BCUT2D eigenvalue weighted by Crippen LogP contribution is -2.54. The first-order chi connectivity index (χ1) is 14.9. The Morgan fingerprint density at radius 3 is 2.39 bits per heavy atom. The summed E-state index contributed by atoms with van der Waals surface area (Å²) in [6, 6.07) is 7.18. The second-order valence-electron chi connectivity index (χ2n) is 8.15. The van der Waals surface area contributed by atoms with E-state index in [0.29, 0.717) is 45.2 Å². The number of aryl methyl sites for hydroxylation is 1. The molecule has 172 valence electrons. The van der Waals surface area contributed by atoms with E-state index < -0.39 is 30.1 Å². The molecule has 0 spiro atoms.